The van der Waals surface area contributed by atoms with Crippen molar-refractivity contribution in [2.45, 2.75) is 32.2 Å². The Morgan fingerprint density at radius 2 is 1.86 bits per heavy atom. The van der Waals surface area contributed by atoms with E-state index in [9.17, 15) is 9.59 Å². The fourth-order valence-corrected chi connectivity index (χ4v) is 5.61. The summed E-state index contributed by atoms with van der Waals surface area (Å²) in [5.74, 6) is 5.94. The number of benzene rings is 1. The molecule has 1 aromatic carbocycles. The molecule has 2 aliphatic rings. The molecule has 42 heavy (non-hydrogen) atoms. The molecule has 0 saturated carbocycles. The molecular weight excluding hydrogens is 530 g/mol. The Kier molecular flexibility index (Phi) is 8.10. The third-order valence-electron chi connectivity index (χ3n) is 7.69. The number of H-pyrrole nitrogens is 1. The number of aromatic amines is 1. The van der Waals surface area contributed by atoms with Crippen LogP contribution in [-0.2, 0) is 27.2 Å². The van der Waals surface area contributed by atoms with Crippen LogP contribution < -0.4 is 15.1 Å². The first-order valence-corrected chi connectivity index (χ1v) is 14.3. The number of morpholine rings is 1. The van der Waals surface area contributed by atoms with Crippen molar-refractivity contribution in [1.29, 1.82) is 0 Å². The van der Waals surface area contributed by atoms with Crippen molar-refractivity contribution in [3.8, 4) is 23.1 Å². The predicted molar refractivity (Wildman–Crippen MR) is 161 cm³/mol. The third kappa shape index (κ3) is 6.26. The third-order valence-corrected chi connectivity index (χ3v) is 7.69. The predicted octanol–water partition coefficient (Wildman–Crippen LogP) is 2.93. The van der Waals surface area contributed by atoms with E-state index in [1.54, 1.807) is 19.4 Å². The van der Waals surface area contributed by atoms with E-state index >= 15 is 0 Å². The summed E-state index contributed by atoms with van der Waals surface area (Å²) >= 11 is 0. The zero-order valence-corrected chi connectivity index (χ0v) is 23.6. The molecule has 2 aliphatic heterocycles. The van der Waals surface area contributed by atoms with Gasteiger partial charge in [0.05, 0.1) is 18.6 Å². The summed E-state index contributed by atoms with van der Waals surface area (Å²) in [6.45, 7) is 6.19. The Morgan fingerprint density at radius 1 is 1.02 bits per heavy atom. The number of aromatic nitrogens is 4. The zero-order chi connectivity index (χ0) is 28.9. The Morgan fingerprint density at radius 3 is 2.67 bits per heavy atom. The number of amides is 1. The van der Waals surface area contributed by atoms with Crippen LogP contribution in [0.4, 0.5) is 11.5 Å². The van der Waals surface area contributed by atoms with E-state index in [-0.39, 0.29) is 24.2 Å². The van der Waals surface area contributed by atoms with Gasteiger partial charge < -0.3 is 24.8 Å². The van der Waals surface area contributed by atoms with Crippen LogP contribution in [-0.4, -0.2) is 77.1 Å². The highest BCUT2D eigenvalue weighted by Crippen LogP contribution is 2.29. The van der Waals surface area contributed by atoms with Crippen LogP contribution in [0.5, 0.6) is 0 Å². The van der Waals surface area contributed by atoms with E-state index in [0.717, 1.165) is 71.1 Å². The average Bonchev–Trinajstić information content (AvgIpc) is 3.66. The second-order valence-corrected chi connectivity index (χ2v) is 10.6. The van der Waals surface area contributed by atoms with Gasteiger partial charge in [0.1, 0.15) is 23.6 Å². The Balaban J connectivity index is 1.07. The molecule has 1 atom stereocenters. The molecule has 1 amide bonds. The van der Waals surface area contributed by atoms with Gasteiger partial charge in [-0.25, -0.2) is 9.97 Å². The number of nitrogens with zero attached hydrogens (tertiary/aromatic N) is 5. The minimum absolute atomic E-state index is 0.0590. The van der Waals surface area contributed by atoms with E-state index in [1.165, 1.54) is 0 Å². The van der Waals surface area contributed by atoms with Crippen molar-refractivity contribution < 1.29 is 14.3 Å². The molecule has 5 heterocycles. The van der Waals surface area contributed by atoms with Crippen molar-refractivity contribution in [1.82, 2.24) is 25.3 Å². The number of Topliss-reactive ketones (excluding diaryl/α,β-unsaturated/α-hetero) is 1. The number of hydrogen-bond acceptors (Lipinski definition) is 8. The van der Waals surface area contributed by atoms with E-state index in [4.69, 9.17) is 4.74 Å². The molecule has 2 N–H and O–H groups in total. The van der Waals surface area contributed by atoms with Gasteiger partial charge in [0.25, 0.3) is 5.91 Å². The van der Waals surface area contributed by atoms with Crippen LogP contribution in [0.2, 0.25) is 0 Å². The quantitative estimate of drug-likeness (QED) is 0.315. The maximum absolute atomic E-state index is 13.0. The number of hydrogen-bond donors (Lipinski definition) is 2. The number of fused-ring (bicyclic) bond motifs is 1. The summed E-state index contributed by atoms with van der Waals surface area (Å²) in [5, 5.41) is 3.94. The number of anilines is 2. The lowest BCUT2D eigenvalue weighted by atomic mass is 10.0. The van der Waals surface area contributed by atoms with Crippen LogP contribution in [0.3, 0.4) is 0 Å². The number of ether oxygens (including phenoxy) is 1. The Bertz CT molecular complexity index is 1650. The summed E-state index contributed by atoms with van der Waals surface area (Å²) in [7, 11) is 0. The van der Waals surface area contributed by atoms with Crippen LogP contribution in [0.25, 0.3) is 22.3 Å². The molecule has 0 aliphatic carbocycles. The first-order valence-electron chi connectivity index (χ1n) is 14.3. The van der Waals surface area contributed by atoms with Gasteiger partial charge in [-0.05, 0) is 48.6 Å². The Hall–Kier alpha value is -4.75. The molecule has 2 saturated heterocycles. The lowest BCUT2D eigenvalue weighted by molar-refractivity contribution is -0.118. The monoisotopic (exact) mass is 563 g/mol. The largest absolute Gasteiger partial charge is 0.378 e. The summed E-state index contributed by atoms with van der Waals surface area (Å²) in [6.07, 6.45) is 4.79. The summed E-state index contributed by atoms with van der Waals surface area (Å²) < 4.78 is 5.49. The lowest BCUT2D eigenvalue weighted by Gasteiger charge is -2.27. The number of ketones is 1. The van der Waals surface area contributed by atoms with Crippen molar-refractivity contribution >= 4 is 34.2 Å². The maximum atomic E-state index is 13.0. The molecule has 10 heteroatoms. The fraction of sp³-hybridized carbons (Fsp3) is 0.344. The van der Waals surface area contributed by atoms with Gasteiger partial charge in [0.15, 0.2) is 0 Å². The van der Waals surface area contributed by atoms with Gasteiger partial charge in [-0.2, -0.15) is 0 Å². The highest BCUT2D eigenvalue weighted by atomic mass is 16.5. The molecular formula is C32H33N7O3. The van der Waals surface area contributed by atoms with E-state index in [0.29, 0.717) is 26.2 Å². The molecule has 4 aromatic rings. The van der Waals surface area contributed by atoms with Crippen molar-refractivity contribution in [2.24, 2.45) is 0 Å². The van der Waals surface area contributed by atoms with Gasteiger partial charge in [0.2, 0.25) is 0 Å². The SMILES string of the molecule is CC#CC(=O)NC1CCN(c2ccnc(CC(=O)Cc3ccc(-c4cc5c(N6CCOCC6)ncnc5[nH]4)cc3)c2)C1. The minimum atomic E-state index is -0.244. The highest BCUT2D eigenvalue weighted by molar-refractivity contribution is 5.94. The average molecular weight is 564 g/mol. The normalized spacial score (nSPS) is 16.7. The molecule has 214 valence electrons. The molecule has 10 nitrogen and oxygen atoms in total. The molecule has 3 aromatic heterocycles. The van der Waals surface area contributed by atoms with Crippen LogP contribution in [0, 0.1) is 11.8 Å². The van der Waals surface area contributed by atoms with E-state index < -0.39 is 0 Å². The number of nitrogens with one attached hydrogen (secondary N) is 2. The summed E-state index contributed by atoms with van der Waals surface area (Å²) in [4.78, 5) is 46.0. The van der Waals surface area contributed by atoms with Crippen molar-refractivity contribution in [3.05, 3.63) is 66.2 Å². The second kappa shape index (κ2) is 12.4. The smallest absolute Gasteiger partial charge is 0.296 e. The molecule has 0 spiro atoms. The van der Waals surface area contributed by atoms with Gasteiger partial charge in [0, 0.05) is 68.3 Å². The molecule has 2 fully saturated rings. The van der Waals surface area contributed by atoms with Crippen molar-refractivity contribution in [2.75, 3.05) is 49.2 Å². The van der Waals surface area contributed by atoms with Gasteiger partial charge in [-0.3, -0.25) is 14.6 Å². The van der Waals surface area contributed by atoms with Crippen LogP contribution in [0.1, 0.15) is 24.6 Å². The summed E-state index contributed by atoms with van der Waals surface area (Å²) in [6, 6.07) is 14.1. The van der Waals surface area contributed by atoms with Gasteiger partial charge in [-0.15, -0.1) is 0 Å². The number of pyridine rings is 1. The standard InChI is InChI=1S/C32H33N7O3/c1-2-3-30(41)36-24-9-11-39(20-24)26-8-10-33-25(17-26)18-27(40)16-22-4-6-23(7-5-22)29-19-28-31(37-29)34-21-35-32(28)38-12-14-42-15-13-38/h4-8,10,17,19,21,24H,9,11-16,18,20H2,1H3,(H,36,41)(H,34,35,37). The summed E-state index contributed by atoms with van der Waals surface area (Å²) in [5.41, 5.74) is 5.49. The first-order chi connectivity index (χ1) is 20.6. The zero-order valence-electron chi connectivity index (χ0n) is 23.6. The molecule has 6 rings (SSSR count). The molecule has 0 bridgehead atoms. The second-order valence-electron chi connectivity index (χ2n) is 10.6. The van der Waals surface area contributed by atoms with E-state index in [2.05, 4.69) is 53.0 Å². The number of carbonyl (C=O) groups excluding carboxylic acids is 2. The van der Waals surface area contributed by atoms with Gasteiger partial charge in [-0.1, -0.05) is 30.2 Å². The minimum Gasteiger partial charge on any atom is -0.378 e. The van der Waals surface area contributed by atoms with Crippen LogP contribution in [0.15, 0.2) is 55.0 Å². The molecule has 0 radical (unpaired) electrons. The van der Waals surface area contributed by atoms with Crippen LogP contribution >= 0.6 is 0 Å². The Labute approximate surface area is 244 Å². The fourth-order valence-electron chi connectivity index (χ4n) is 5.61. The first kappa shape index (κ1) is 27.4. The van der Waals surface area contributed by atoms with Crippen molar-refractivity contribution in [3.63, 3.8) is 0 Å². The maximum Gasteiger partial charge on any atom is 0.296 e. The number of carbonyl (C=O) groups is 2. The highest BCUT2D eigenvalue weighted by Gasteiger charge is 2.24. The topological polar surface area (TPSA) is 116 Å². The lowest BCUT2D eigenvalue weighted by Crippen LogP contribution is -2.36. The van der Waals surface area contributed by atoms with Gasteiger partial charge >= 0.3 is 0 Å². The number of rotatable bonds is 8. The molecule has 1 unspecified atom stereocenters. The van der Waals surface area contributed by atoms with E-state index in [1.807, 2.05) is 36.4 Å².